The van der Waals surface area contributed by atoms with Gasteiger partial charge in [0.05, 0.1) is 5.69 Å². The molecule has 0 saturated carbocycles. The minimum atomic E-state index is -0.247. The van der Waals surface area contributed by atoms with Crippen LogP contribution in [-0.4, -0.2) is 14.8 Å². The topological polar surface area (TPSA) is 30.7 Å². The maximum Gasteiger partial charge on any atom is 0.141 e. The van der Waals surface area contributed by atoms with Crippen LogP contribution in [0.2, 0.25) is 5.02 Å². The number of hydrogen-bond acceptors (Lipinski definition) is 2. The molecule has 4 rings (SSSR count). The molecule has 0 unspecified atom stereocenters. The number of hydrogen-bond donors (Lipinski definition) is 0. The molecule has 0 radical (unpaired) electrons. The van der Waals surface area contributed by atoms with Crippen LogP contribution in [0.25, 0.3) is 11.3 Å². The van der Waals surface area contributed by atoms with Crippen LogP contribution in [0.1, 0.15) is 29.7 Å². The zero-order chi connectivity index (χ0) is 16.7. The van der Waals surface area contributed by atoms with Gasteiger partial charge >= 0.3 is 0 Å². The number of halogens is 2. The van der Waals surface area contributed by atoms with Gasteiger partial charge in [0.15, 0.2) is 0 Å². The number of rotatable bonds is 2. The van der Waals surface area contributed by atoms with E-state index in [0.29, 0.717) is 17.0 Å². The van der Waals surface area contributed by atoms with Gasteiger partial charge in [-0.15, -0.1) is 10.2 Å². The maximum atomic E-state index is 14.4. The number of allylic oxidation sites excluding steroid dienone is 1. The van der Waals surface area contributed by atoms with Crippen LogP contribution in [0.5, 0.6) is 0 Å². The summed E-state index contributed by atoms with van der Waals surface area (Å²) in [5.41, 5.74) is 3.22. The number of aromatic nitrogens is 3. The first-order valence-corrected chi connectivity index (χ1v) is 8.25. The lowest BCUT2D eigenvalue weighted by Gasteiger charge is -2.15. The second-order valence-electron chi connectivity index (χ2n) is 5.68. The fraction of sp³-hybridized carbons (Fsp3) is 0.158. The maximum absolute atomic E-state index is 14.4. The molecule has 0 fully saturated rings. The first-order chi connectivity index (χ1) is 11.7. The fourth-order valence-corrected chi connectivity index (χ4v) is 3.32. The number of benzene rings is 2. The summed E-state index contributed by atoms with van der Waals surface area (Å²) in [4.78, 5) is 0. The molecule has 0 saturated heterocycles. The van der Waals surface area contributed by atoms with E-state index in [0.717, 1.165) is 34.9 Å². The second-order valence-corrected chi connectivity index (χ2v) is 6.12. The third-order valence-electron chi connectivity index (χ3n) is 4.26. The molecule has 1 aliphatic rings. The molecular weight excluding hydrogens is 325 g/mol. The molecule has 2 aromatic carbocycles. The Morgan fingerprint density at radius 1 is 1.12 bits per heavy atom. The Balaban J connectivity index is 2.01. The van der Waals surface area contributed by atoms with Gasteiger partial charge in [-0.05, 0) is 29.8 Å². The van der Waals surface area contributed by atoms with E-state index in [1.807, 2.05) is 37.3 Å². The summed E-state index contributed by atoms with van der Waals surface area (Å²) >= 11 is 6.24. The van der Waals surface area contributed by atoms with Crippen LogP contribution < -0.4 is 0 Å². The van der Waals surface area contributed by atoms with Gasteiger partial charge in [-0.25, -0.2) is 4.39 Å². The summed E-state index contributed by atoms with van der Waals surface area (Å²) in [5.74, 6) is 1.49. The van der Waals surface area contributed by atoms with E-state index in [1.165, 1.54) is 6.07 Å². The lowest BCUT2D eigenvalue weighted by Crippen LogP contribution is -2.05. The molecule has 0 bridgehead atoms. The quantitative estimate of drug-likeness (QED) is 0.682. The van der Waals surface area contributed by atoms with Gasteiger partial charge in [-0.3, -0.25) is 4.57 Å². The van der Waals surface area contributed by atoms with Crippen molar-refractivity contribution in [1.82, 2.24) is 14.8 Å². The lowest BCUT2D eigenvalue weighted by molar-refractivity contribution is 0.624. The molecule has 3 aromatic rings. The Morgan fingerprint density at radius 3 is 2.75 bits per heavy atom. The normalized spacial score (nSPS) is 13.0. The highest BCUT2D eigenvalue weighted by Crippen LogP contribution is 2.35. The molecular formula is C19H15ClFN3. The van der Waals surface area contributed by atoms with E-state index in [-0.39, 0.29) is 5.82 Å². The standard InChI is InChI=1S/C19H15ClFN3/c1-2-18-22-23-19-10-8-13(14-5-3-4-6-16(14)21)15-11-12(20)7-9-17(15)24(18)19/h3-9,11H,2,10H2,1H3. The number of aryl methyl sites for hydroxylation is 1. The highest BCUT2D eigenvalue weighted by atomic mass is 35.5. The van der Waals surface area contributed by atoms with Crippen LogP contribution in [0.4, 0.5) is 4.39 Å². The lowest BCUT2D eigenvalue weighted by atomic mass is 9.95. The predicted molar refractivity (Wildman–Crippen MR) is 92.9 cm³/mol. The van der Waals surface area contributed by atoms with E-state index in [1.54, 1.807) is 12.1 Å². The highest BCUT2D eigenvalue weighted by Gasteiger charge is 2.22. The summed E-state index contributed by atoms with van der Waals surface area (Å²) in [6, 6.07) is 12.5. The third kappa shape index (κ3) is 2.34. The van der Waals surface area contributed by atoms with Gasteiger partial charge in [0.1, 0.15) is 17.5 Å². The van der Waals surface area contributed by atoms with Gasteiger partial charge in [0.2, 0.25) is 0 Å². The van der Waals surface area contributed by atoms with E-state index in [4.69, 9.17) is 11.6 Å². The molecule has 24 heavy (non-hydrogen) atoms. The number of fused-ring (bicyclic) bond motifs is 3. The molecule has 1 aromatic heterocycles. The Bertz CT molecular complexity index is 959. The first-order valence-electron chi connectivity index (χ1n) is 7.87. The third-order valence-corrected chi connectivity index (χ3v) is 4.49. The van der Waals surface area contributed by atoms with Crippen molar-refractivity contribution in [2.75, 3.05) is 0 Å². The van der Waals surface area contributed by atoms with Crippen molar-refractivity contribution >= 4 is 17.2 Å². The largest absolute Gasteiger partial charge is 0.282 e. The smallest absolute Gasteiger partial charge is 0.141 e. The zero-order valence-electron chi connectivity index (χ0n) is 13.1. The highest BCUT2D eigenvalue weighted by molar-refractivity contribution is 6.30. The molecule has 120 valence electrons. The van der Waals surface area contributed by atoms with Crippen LogP contribution >= 0.6 is 11.6 Å². The minimum absolute atomic E-state index is 0.247. The van der Waals surface area contributed by atoms with Gasteiger partial charge in [-0.1, -0.05) is 42.8 Å². The minimum Gasteiger partial charge on any atom is -0.282 e. The average molecular weight is 340 g/mol. The summed E-state index contributed by atoms with van der Waals surface area (Å²) < 4.78 is 16.4. The van der Waals surface area contributed by atoms with Crippen molar-refractivity contribution in [2.24, 2.45) is 0 Å². The summed E-state index contributed by atoms with van der Waals surface area (Å²) in [6.45, 7) is 2.04. The molecule has 1 aliphatic heterocycles. The van der Waals surface area contributed by atoms with Gasteiger partial charge in [0.25, 0.3) is 0 Å². The SMILES string of the molecule is CCc1nnc2n1-c1ccc(Cl)cc1C(c1ccccc1F)=CC2. The Kier molecular flexibility index (Phi) is 3.69. The van der Waals surface area contributed by atoms with Gasteiger partial charge in [0, 0.05) is 29.0 Å². The Labute approximate surface area is 144 Å². The molecule has 0 aliphatic carbocycles. The summed E-state index contributed by atoms with van der Waals surface area (Å²) in [6.07, 6.45) is 3.35. The van der Waals surface area contributed by atoms with Crippen LogP contribution in [0.3, 0.4) is 0 Å². The van der Waals surface area contributed by atoms with Crippen molar-refractivity contribution in [3.05, 3.63) is 82.2 Å². The first kappa shape index (κ1) is 15.1. The van der Waals surface area contributed by atoms with E-state index >= 15 is 0 Å². The van der Waals surface area contributed by atoms with Crippen LogP contribution in [0, 0.1) is 5.82 Å². The number of nitrogens with zero attached hydrogens (tertiary/aromatic N) is 3. The van der Waals surface area contributed by atoms with Crippen molar-refractivity contribution in [3.63, 3.8) is 0 Å². The van der Waals surface area contributed by atoms with E-state index in [9.17, 15) is 4.39 Å². The Hall–Kier alpha value is -2.46. The fourth-order valence-electron chi connectivity index (χ4n) is 3.15. The van der Waals surface area contributed by atoms with E-state index < -0.39 is 0 Å². The van der Waals surface area contributed by atoms with Crippen LogP contribution in [-0.2, 0) is 12.8 Å². The van der Waals surface area contributed by atoms with E-state index in [2.05, 4.69) is 14.8 Å². The van der Waals surface area contributed by atoms with Gasteiger partial charge < -0.3 is 0 Å². The second kappa shape index (κ2) is 5.87. The van der Waals surface area contributed by atoms with Gasteiger partial charge in [-0.2, -0.15) is 0 Å². The molecule has 2 heterocycles. The molecule has 0 spiro atoms. The molecule has 5 heteroatoms. The molecule has 3 nitrogen and oxygen atoms in total. The van der Waals surface area contributed by atoms with Crippen molar-refractivity contribution < 1.29 is 4.39 Å². The van der Waals surface area contributed by atoms with Crippen LogP contribution in [0.15, 0.2) is 48.5 Å². The van der Waals surface area contributed by atoms with Crippen molar-refractivity contribution in [2.45, 2.75) is 19.8 Å². The molecule has 0 amide bonds. The van der Waals surface area contributed by atoms with Crippen molar-refractivity contribution in [1.29, 1.82) is 0 Å². The molecule has 0 N–H and O–H groups in total. The monoisotopic (exact) mass is 339 g/mol. The predicted octanol–water partition coefficient (Wildman–Crippen LogP) is 4.61. The zero-order valence-corrected chi connectivity index (χ0v) is 13.9. The Morgan fingerprint density at radius 2 is 1.96 bits per heavy atom. The summed E-state index contributed by atoms with van der Waals surface area (Å²) in [5, 5.41) is 9.19. The van der Waals surface area contributed by atoms with Crippen molar-refractivity contribution in [3.8, 4) is 5.69 Å². The summed E-state index contributed by atoms with van der Waals surface area (Å²) in [7, 11) is 0. The molecule has 0 atom stereocenters. The average Bonchev–Trinajstić information content (AvgIpc) is 2.93.